The zero-order valence-corrected chi connectivity index (χ0v) is 11.6. The lowest BCUT2D eigenvalue weighted by atomic mass is 9.82. The first kappa shape index (κ1) is 13.8. The van der Waals surface area contributed by atoms with Crippen molar-refractivity contribution >= 4 is 5.97 Å². The van der Waals surface area contributed by atoms with Crippen LogP contribution < -0.4 is 0 Å². The SMILES string of the molecule is C=C1C(=O)O[C@H]2[C@@H]1CCC(=C)[C@H](OO)CC[C@]1(C)O[C@@H]21. The van der Waals surface area contributed by atoms with Crippen LogP contribution in [0.2, 0.25) is 0 Å². The number of rotatable bonds is 1. The van der Waals surface area contributed by atoms with Crippen molar-refractivity contribution in [1.29, 1.82) is 0 Å². The normalized spacial score (nSPS) is 44.6. The molecule has 0 aromatic heterocycles. The highest BCUT2D eigenvalue weighted by Crippen LogP contribution is 2.50. The maximum absolute atomic E-state index is 11.7. The molecule has 2 saturated heterocycles. The van der Waals surface area contributed by atoms with E-state index in [1.165, 1.54) is 0 Å². The predicted octanol–water partition coefficient (Wildman–Crippen LogP) is 2.23. The Balaban J connectivity index is 1.84. The molecular weight excluding hydrogens is 260 g/mol. The molecule has 0 aromatic rings. The molecule has 3 aliphatic rings. The van der Waals surface area contributed by atoms with Crippen molar-refractivity contribution in [3.63, 3.8) is 0 Å². The van der Waals surface area contributed by atoms with Crippen LogP contribution in [0, 0.1) is 5.92 Å². The van der Waals surface area contributed by atoms with Crippen LogP contribution in [0.5, 0.6) is 0 Å². The summed E-state index contributed by atoms with van der Waals surface area (Å²) in [5, 5.41) is 9.01. The highest BCUT2D eigenvalue weighted by molar-refractivity contribution is 5.91. The summed E-state index contributed by atoms with van der Waals surface area (Å²) in [5.74, 6) is -0.360. The first-order valence-electron chi connectivity index (χ1n) is 7.02. The largest absolute Gasteiger partial charge is 0.455 e. The molecule has 0 radical (unpaired) electrons. The van der Waals surface area contributed by atoms with Gasteiger partial charge >= 0.3 is 5.97 Å². The second-order valence-electron chi connectivity index (χ2n) is 6.18. The van der Waals surface area contributed by atoms with E-state index >= 15 is 0 Å². The third kappa shape index (κ3) is 2.10. The van der Waals surface area contributed by atoms with E-state index in [2.05, 4.69) is 18.0 Å². The van der Waals surface area contributed by atoms with Crippen molar-refractivity contribution in [2.75, 3.05) is 0 Å². The van der Waals surface area contributed by atoms with Crippen molar-refractivity contribution in [1.82, 2.24) is 0 Å². The molecule has 1 aliphatic carbocycles. The molecule has 3 fully saturated rings. The number of fused-ring (bicyclic) bond motifs is 3. The third-order valence-corrected chi connectivity index (χ3v) is 4.85. The standard InChI is InChI=1S/C15H20O5/c1-8-4-5-10-9(2)14(16)18-12(10)13-15(3,19-13)7-6-11(8)20-17/h10-13,17H,1-2,4-7H2,3H3/t10-,11-,12+,13+,15+/m1/s1. The van der Waals surface area contributed by atoms with E-state index < -0.39 is 0 Å². The number of esters is 1. The minimum absolute atomic E-state index is 0.0384. The van der Waals surface area contributed by atoms with Crippen molar-refractivity contribution in [2.45, 2.75) is 56.5 Å². The van der Waals surface area contributed by atoms with Gasteiger partial charge in [0.25, 0.3) is 0 Å². The maximum Gasteiger partial charge on any atom is 0.334 e. The van der Waals surface area contributed by atoms with Gasteiger partial charge in [-0.05, 0) is 38.2 Å². The van der Waals surface area contributed by atoms with Gasteiger partial charge in [-0.3, -0.25) is 5.26 Å². The lowest BCUT2D eigenvalue weighted by Crippen LogP contribution is -2.31. The van der Waals surface area contributed by atoms with E-state index in [1.54, 1.807) is 0 Å². The van der Waals surface area contributed by atoms with Gasteiger partial charge in [0.05, 0.1) is 5.60 Å². The van der Waals surface area contributed by atoms with Crippen molar-refractivity contribution in [3.05, 3.63) is 24.3 Å². The van der Waals surface area contributed by atoms with Crippen LogP contribution >= 0.6 is 0 Å². The summed E-state index contributed by atoms with van der Waals surface area (Å²) in [6.45, 7) is 9.83. The molecule has 1 saturated carbocycles. The molecule has 2 aliphatic heterocycles. The Bertz CT molecular complexity index is 471. The topological polar surface area (TPSA) is 68.3 Å². The number of ether oxygens (including phenoxy) is 2. The second-order valence-corrected chi connectivity index (χ2v) is 6.18. The van der Waals surface area contributed by atoms with E-state index in [9.17, 15) is 4.79 Å². The van der Waals surface area contributed by atoms with E-state index in [4.69, 9.17) is 14.7 Å². The molecule has 1 N–H and O–H groups in total. The molecule has 0 aromatic carbocycles. The van der Waals surface area contributed by atoms with Gasteiger partial charge in [0.1, 0.15) is 18.3 Å². The van der Waals surface area contributed by atoms with E-state index in [0.717, 1.165) is 12.0 Å². The van der Waals surface area contributed by atoms with Gasteiger partial charge in [-0.2, -0.15) is 0 Å². The minimum atomic E-state index is -0.375. The Labute approximate surface area is 118 Å². The van der Waals surface area contributed by atoms with Crippen LogP contribution in [0.1, 0.15) is 32.6 Å². The van der Waals surface area contributed by atoms with Crippen LogP contribution in [0.3, 0.4) is 0 Å². The Kier molecular flexibility index (Phi) is 3.23. The molecule has 5 nitrogen and oxygen atoms in total. The van der Waals surface area contributed by atoms with E-state index in [-0.39, 0.29) is 35.8 Å². The van der Waals surface area contributed by atoms with Crippen LogP contribution in [0.15, 0.2) is 24.3 Å². The van der Waals surface area contributed by atoms with Crippen molar-refractivity contribution < 1.29 is 24.4 Å². The molecule has 3 rings (SSSR count). The predicted molar refractivity (Wildman–Crippen MR) is 70.9 cm³/mol. The first-order valence-corrected chi connectivity index (χ1v) is 7.02. The van der Waals surface area contributed by atoms with Gasteiger partial charge in [-0.1, -0.05) is 13.2 Å². The molecule has 110 valence electrons. The summed E-state index contributed by atoms with van der Waals surface area (Å²) in [7, 11) is 0. The van der Waals surface area contributed by atoms with Crippen LogP contribution in [0.4, 0.5) is 0 Å². The quantitative estimate of drug-likeness (QED) is 0.199. The summed E-state index contributed by atoms with van der Waals surface area (Å²) >= 11 is 0. The average Bonchev–Trinajstić information content (AvgIpc) is 3.00. The Morgan fingerprint density at radius 2 is 2.15 bits per heavy atom. The first-order chi connectivity index (χ1) is 9.46. The maximum atomic E-state index is 11.7. The summed E-state index contributed by atoms with van der Waals surface area (Å²) in [5.41, 5.74) is 1.03. The summed E-state index contributed by atoms with van der Waals surface area (Å²) in [6.07, 6.45) is 2.07. The Hall–Kier alpha value is -1.17. The number of hydrogen-bond acceptors (Lipinski definition) is 5. The minimum Gasteiger partial charge on any atom is -0.455 e. The fraction of sp³-hybridized carbons (Fsp3) is 0.667. The Morgan fingerprint density at radius 3 is 2.85 bits per heavy atom. The smallest absolute Gasteiger partial charge is 0.334 e. The number of carbonyl (C=O) groups is 1. The highest BCUT2D eigenvalue weighted by atomic mass is 17.1. The van der Waals surface area contributed by atoms with Crippen LogP contribution in [-0.2, 0) is 19.2 Å². The lowest BCUT2D eigenvalue weighted by Gasteiger charge is -2.23. The van der Waals surface area contributed by atoms with Gasteiger partial charge in [-0.15, -0.1) is 0 Å². The summed E-state index contributed by atoms with van der Waals surface area (Å²) < 4.78 is 11.2. The fourth-order valence-corrected chi connectivity index (χ4v) is 3.37. The molecular formula is C15H20O5. The molecule has 0 bridgehead atoms. The van der Waals surface area contributed by atoms with Gasteiger partial charge in [0.2, 0.25) is 0 Å². The molecule has 5 heteroatoms. The molecule has 20 heavy (non-hydrogen) atoms. The van der Waals surface area contributed by atoms with Crippen molar-refractivity contribution in [3.8, 4) is 0 Å². The monoisotopic (exact) mass is 280 g/mol. The highest BCUT2D eigenvalue weighted by Gasteiger charge is 2.61. The van der Waals surface area contributed by atoms with Crippen LogP contribution in [0.25, 0.3) is 0 Å². The molecule has 0 unspecified atom stereocenters. The molecule has 0 spiro atoms. The van der Waals surface area contributed by atoms with E-state index in [1.807, 2.05) is 6.92 Å². The zero-order chi connectivity index (χ0) is 14.5. The number of epoxide rings is 1. The van der Waals surface area contributed by atoms with Gasteiger partial charge in [0, 0.05) is 11.5 Å². The summed E-state index contributed by atoms with van der Waals surface area (Å²) in [6, 6.07) is 0. The molecule has 5 atom stereocenters. The number of carbonyl (C=O) groups excluding carboxylic acids is 1. The van der Waals surface area contributed by atoms with Crippen molar-refractivity contribution in [2.24, 2.45) is 5.92 Å². The van der Waals surface area contributed by atoms with Gasteiger partial charge in [0.15, 0.2) is 0 Å². The molecule has 0 amide bonds. The third-order valence-electron chi connectivity index (χ3n) is 4.85. The van der Waals surface area contributed by atoms with Gasteiger partial charge in [-0.25, -0.2) is 9.68 Å². The second kappa shape index (κ2) is 4.69. The molecule has 2 heterocycles. The lowest BCUT2D eigenvalue weighted by molar-refractivity contribution is -0.270. The fourth-order valence-electron chi connectivity index (χ4n) is 3.37. The summed E-state index contributed by atoms with van der Waals surface area (Å²) in [4.78, 5) is 16.3. The zero-order valence-electron chi connectivity index (χ0n) is 11.6. The van der Waals surface area contributed by atoms with Gasteiger partial charge < -0.3 is 9.47 Å². The average molecular weight is 280 g/mol. The Morgan fingerprint density at radius 1 is 1.40 bits per heavy atom. The van der Waals surface area contributed by atoms with E-state index in [0.29, 0.717) is 24.8 Å². The number of hydrogen-bond donors (Lipinski definition) is 1. The van der Waals surface area contributed by atoms with Crippen LogP contribution in [-0.4, -0.2) is 35.1 Å².